The molecule has 3 aromatic rings. The number of rotatable bonds is 1. The number of H-pyrrole nitrogens is 1. The van der Waals surface area contributed by atoms with E-state index in [1.807, 2.05) is 24.3 Å². The summed E-state index contributed by atoms with van der Waals surface area (Å²) in [6, 6.07) is 14.3. The third-order valence-corrected chi connectivity index (χ3v) is 3.67. The van der Waals surface area contributed by atoms with Crippen LogP contribution in [0, 0.1) is 0 Å². The second-order valence-corrected chi connectivity index (χ2v) is 4.75. The summed E-state index contributed by atoms with van der Waals surface area (Å²) in [6.45, 7) is 1.42. The molecule has 2 heterocycles. The molecule has 94 valence electrons. The molecular formula is C15H13N3O. The highest BCUT2D eigenvalue weighted by atomic mass is 16.2. The van der Waals surface area contributed by atoms with Gasteiger partial charge in [0.1, 0.15) is 0 Å². The number of hydrogen-bond donors (Lipinski definition) is 2. The smallest absolute Gasteiger partial charge is 0.322 e. The van der Waals surface area contributed by atoms with Gasteiger partial charge in [-0.05, 0) is 12.1 Å². The third-order valence-electron chi connectivity index (χ3n) is 3.67. The van der Waals surface area contributed by atoms with Crippen LogP contribution >= 0.6 is 0 Å². The maximum atomic E-state index is 11.8. The topological polar surface area (TPSA) is 48.1 Å². The SMILES string of the molecule is O=C1NCCN1c1cccc2c1[nH]c1ccccc12. The van der Waals surface area contributed by atoms with Gasteiger partial charge in [-0.3, -0.25) is 4.90 Å². The standard InChI is InChI=1S/C15H13N3O/c19-15-16-8-9-18(15)13-7-3-5-11-10-4-1-2-6-12(10)17-14(11)13/h1-7,17H,8-9H2,(H,16,19). The van der Waals surface area contributed by atoms with Crippen molar-refractivity contribution < 1.29 is 4.79 Å². The minimum absolute atomic E-state index is 0.0221. The number of para-hydroxylation sites is 2. The first-order valence-corrected chi connectivity index (χ1v) is 6.39. The number of nitrogens with zero attached hydrogens (tertiary/aromatic N) is 1. The number of anilines is 1. The molecule has 1 saturated heterocycles. The average molecular weight is 251 g/mol. The number of amides is 2. The van der Waals surface area contributed by atoms with Gasteiger partial charge < -0.3 is 10.3 Å². The van der Waals surface area contributed by atoms with Gasteiger partial charge in [0.2, 0.25) is 0 Å². The summed E-state index contributed by atoms with van der Waals surface area (Å²) in [5.74, 6) is 0. The van der Waals surface area contributed by atoms with Crippen LogP contribution in [0.5, 0.6) is 0 Å². The first kappa shape index (κ1) is 10.4. The number of aromatic nitrogens is 1. The number of urea groups is 1. The van der Waals surface area contributed by atoms with Crippen LogP contribution in [0.2, 0.25) is 0 Å². The molecule has 2 N–H and O–H groups in total. The first-order chi connectivity index (χ1) is 9.34. The van der Waals surface area contributed by atoms with Crippen molar-refractivity contribution in [1.29, 1.82) is 0 Å². The minimum atomic E-state index is -0.0221. The van der Waals surface area contributed by atoms with Gasteiger partial charge in [-0.25, -0.2) is 4.79 Å². The van der Waals surface area contributed by atoms with Crippen LogP contribution in [0.1, 0.15) is 0 Å². The van der Waals surface area contributed by atoms with E-state index in [0.717, 1.165) is 22.1 Å². The summed E-state index contributed by atoms with van der Waals surface area (Å²) >= 11 is 0. The Morgan fingerprint density at radius 3 is 2.68 bits per heavy atom. The summed E-state index contributed by atoms with van der Waals surface area (Å²) in [5.41, 5.74) is 3.08. The fourth-order valence-corrected chi connectivity index (χ4v) is 2.78. The Hall–Kier alpha value is -2.49. The maximum absolute atomic E-state index is 11.8. The van der Waals surface area contributed by atoms with Gasteiger partial charge in [-0.1, -0.05) is 30.3 Å². The fraction of sp³-hybridized carbons (Fsp3) is 0.133. The zero-order valence-electron chi connectivity index (χ0n) is 10.3. The van der Waals surface area contributed by atoms with E-state index in [0.29, 0.717) is 13.1 Å². The second-order valence-electron chi connectivity index (χ2n) is 4.75. The molecule has 0 radical (unpaired) electrons. The highest BCUT2D eigenvalue weighted by Gasteiger charge is 2.23. The van der Waals surface area contributed by atoms with Crippen molar-refractivity contribution in [2.45, 2.75) is 0 Å². The monoisotopic (exact) mass is 251 g/mol. The zero-order chi connectivity index (χ0) is 12.8. The van der Waals surface area contributed by atoms with Crippen molar-refractivity contribution in [2.24, 2.45) is 0 Å². The molecule has 0 saturated carbocycles. The largest absolute Gasteiger partial charge is 0.353 e. The van der Waals surface area contributed by atoms with Gasteiger partial charge in [0.15, 0.2) is 0 Å². The summed E-state index contributed by atoms with van der Waals surface area (Å²) in [4.78, 5) is 17.0. The molecule has 0 unspecified atom stereocenters. The van der Waals surface area contributed by atoms with E-state index in [9.17, 15) is 4.79 Å². The van der Waals surface area contributed by atoms with E-state index >= 15 is 0 Å². The van der Waals surface area contributed by atoms with E-state index in [2.05, 4.69) is 28.5 Å². The molecule has 2 aromatic carbocycles. The second kappa shape index (κ2) is 3.75. The van der Waals surface area contributed by atoms with E-state index in [-0.39, 0.29) is 6.03 Å². The lowest BCUT2D eigenvalue weighted by molar-refractivity contribution is 0.252. The number of carbonyl (C=O) groups excluding carboxylic acids is 1. The molecule has 0 atom stereocenters. The molecule has 0 aliphatic carbocycles. The summed E-state index contributed by atoms with van der Waals surface area (Å²) in [5, 5.41) is 5.19. The van der Waals surface area contributed by atoms with Crippen LogP contribution in [0.4, 0.5) is 10.5 Å². The molecule has 2 amide bonds. The molecule has 0 spiro atoms. The van der Waals surface area contributed by atoms with E-state index in [4.69, 9.17) is 0 Å². The van der Waals surface area contributed by atoms with Crippen LogP contribution in [0.3, 0.4) is 0 Å². The molecule has 0 bridgehead atoms. The van der Waals surface area contributed by atoms with Crippen LogP contribution in [0.15, 0.2) is 42.5 Å². The Labute approximate surface area is 110 Å². The Balaban J connectivity index is 2.03. The normalized spacial score (nSPS) is 15.4. The molecule has 1 aliphatic heterocycles. The van der Waals surface area contributed by atoms with Crippen molar-refractivity contribution in [1.82, 2.24) is 10.3 Å². The maximum Gasteiger partial charge on any atom is 0.322 e. The van der Waals surface area contributed by atoms with E-state index < -0.39 is 0 Å². The van der Waals surface area contributed by atoms with Crippen LogP contribution < -0.4 is 10.2 Å². The lowest BCUT2D eigenvalue weighted by Gasteiger charge is -2.14. The Bertz CT molecular complexity index is 790. The highest BCUT2D eigenvalue weighted by Crippen LogP contribution is 2.32. The molecule has 4 rings (SSSR count). The van der Waals surface area contributed by atoms with Gasteiger partial charge >= 0.3 is 6.03 Å². The number of benzene rings is 2. The first-order valence-electron chi connectivity index (χ1n) is 6.39. The van der Waals surface area contributed by atoms with Gasteiger partial charge in [-0.2, -0.15) is 0 Å². The predicted octanol–water partition coefficient (Wildman–Crippen LogP) is 2.85. The van der Waals surface area contributed by atoms with Crippen molar-refractivity contribution in [3.05, 3.63) is 42.5 Å². The lowest BCUT2D eigenvalue weighted by Crippen LogP contribution is -2.27. The minimum Gasteiger partial charge on any atom is -0.353 e. The molecule has 1 aliphatic rings. The zero-order valence-corrected chi connectivity index (χ0v) is 10.3. The van der Waals surface area contributed by atoms with Crippen molar-refractivity contribution in [2.75, 3.05) is 18.0 Å². The molecule has 4 heteroatoms. The number of hydrogen-bond acceptors (Lipinski definition) is 1. The van der Waals surface area contributed by atoms with Crippen LogP contribution in [0.25, 0.3) is 21.8 Å². The highest BCUT2D eigenvalue weighted by molar-refractivity contribution is 6.13. The van der Waals surface area contributed by atoms with Crippen molar-refractivity contribution in [3.63, 3.8) is 0 Å². The fourth-order valence-electron chi connectivity index (χ4n) is 2.78. The van der Waals surface area contributed by atoms with Crippen molar-refractivity contribution >= 4 is 33.5 Å². The van der Waals surface area contributed by atoms with E-state index in [1.54, 1.807) is 4.90 Å². The van der Waals surface area contributed by atoms with Crippen LogP contribution in [-0.2, 0) is 0 Å². The number of fused-ring (bicyclic) bond motifs is 3. The quantitative estimate of drug-likeness (QED) is 0.686. The third kappa shape index (κ3) is 1.43. The Morgan fingerprint density at radius 1 is 1.00 bits per heavy atom. The predicted molar refractivity (Wildman–Crippen MR) is 76.5 cm³/mol. The summed E-state index contributed by atoms with van der Waals surface area (Å²) in [6.07, 6.45) is 0. The molecule has 19 heavy (non-hydrogen) atoms. The number of carbonyl (C=O) groups is 1. The van der Waals surface area contributed by atoms with Gasteiger partial charge in [0.05, 0.1) is 11.2 Å². The summed E-state index contributed by atoms with van der Waals surface area (Å²) < 4.78 is 0. The Kier molecular flexibility index (Phi) is 2.06. The molecule has 1 aromatic heterocycles. The lowest BCUT2D eigenvalue weighted by atomic mass is 10.1. The molecule has 1 fully saturated rings. The number of aromatic amines is 1. The van der Waals surface area contributed by atoms with Gasteiger partial charge in [0, 0.05) is 29.4 Å². The average Bonchev–Trinajstić information content (AvgIpc) is 3.02. The summed E-state index contributed by atoms with van der Waals surface area (Å²) in [7, 11) is 0. The van der Waals surface area contributed by atoms with Gasteiger partial charge in [0.25, 0.3) is 0 Å². The van der Waals surface area contributed by atoms with E-state index in [1.165, 1.54) is 5.39 Å². The molecule has 4 nitrogen and oxygen atoms in total. The molecular weight excluding hydrogens is 238 g/mol. The number of nitrogens with one attached hydrogen (secondary N) is 2. The van der Waals surface area contributed by atoms with Crippen molar-refractivity contribution in [3.8, 4) is 0 Å². The Morgan fingerprint density at radius 2 is 1.84 bits per heavy atom. The van der Waals surface area contributed by atoms with Crippen LogP contribution in [-0.4, -0.2) is 24.1 Å². The van der Waals surface area contributed by atoms with Gasteiger partial charge in [-0.15, -0.1) is 0 Å².